The number of hydrogen-bond acceptors (Lipinski definition) is 3. The van der Waals surface area contributed by atoms with Crippen molar-refractivity contribution < 1.29 is 18.3 Å². The van der Waals surface area contributed by atoms with Crippen LogP contribution in [0.1, 0.15) is 18.9 Å². The second-order valence-electron chi connectivity index (χ2n) is 4.22. The third-order valence-corrected chi connectivity index (χ3v) is 2.81. The van der Waals surface area contributed by atoms with Crippen LogP contribution in [0.5, 0.6) is 0 Å². The summed E-state index contributed by atoms with van der Waals surface area (Å²) in [6.07, 6.45) is -2.42. The molecular formula is C14H20F2N2O2. The number of benzene rings is 1. The minimum atomic E-state index is -2.50. The Morgan fingerprint density at radius 2 is 2.00 bits per heavy atom. The molecule has 1 aromatic rings. The zero-order valence-electron chi connectivity index (χ0n) is 11.5. The van der Waals surface area contributed by atoms with Gasteiger partial charge in [-0.3, -0.25) is 4.79 Å². The van der Waals surface area contributed by atoms with E-state index in [2.05, 4.69) is 0 Å². The fourth-order valence-electron chi connectivity index (χ4n) is 1.78. The van der Waals surface area contributed by atoms with Gasteiger partial charge in [-0.1, -0.05) is 12.1 Å². The first-order valence-electron chi connectivity index (χ1n) is 6.53. The highest BCUT2D eigenvalue weighted by atomic mass is 19.3. The maximum Gasteiger partial charge on any atom is 0.261 e. The van der Waals surface area contributed by atoms with Crippen molar-refractivity contribution in [1.82, 2.24) is 0 Å². The van der Waals surface area contributed by atoms with Crippen LogP contribution >= 0.6 is 0 Å². The van der Waals surface area contributed by atoms with Crippen molar-refractivity contribution in [3.8, 4) is 0 Å². The van der Waals surface area contributed by atoms with Crippen molar-refractivity contribution in [3.05, 3.63) is 29.8 Å². The standard InChI is InChI=1S/C14H20F2N2O2/c1-2-18(12-5-3-11(9-17)4-6-12)14(19)7-8-20-10-13(15)16/h3-6,13H,2,7-10,17H2,1H3. The van der Waals surface area contributed by atoms with Gasteiger partial charge >= 0.3 is 0 Å². The molecular weight excluding hydrogens is 266 g/mol. The molecule has 20 heavy (non-hydrogen) atoms. The number of nitrogens with two attached hydrogens (primary N) is 1. The molecule has 1 rings (SSSR count). The largest absolute Gasteiger partial charge is 0.375 e. The Morgan fingerprint density at radius 1 is 1.35 bits per heavy atom. The third kappa shape index (κ3) is 5.22. The van der Waals surface area contributed by atoms with E-state index < -0.39 is 13.0 Å². The Morgan fingerprint density at radius 3 is 2.50 bits per heavy atom. The van der Waals surface area contributed by atoms with E-state index in [1.54, 1.807) is 4.90 Å². The maximum atomic E-state index is 12.0. The monoisotopic (exact) mass is 286 g/mol. The second-order valence-corrected chi connectivity index (χ2v) is 4.22. The summed E-state index contributed by atoms with van der Waals surface area (Å²) in [4.78, 5) is 13.6. The highest BCUT2D eigenvalue weighted by Gasteiger charge is 2.14. The van der Waals surface area contributed by atoms with Gasteiger partial charge in [-0.15, -0.1) is 0 Å². The lowest BCUT2D eigenvalue weighted by atomic mass is 10.2. The predicted octanol–water partition coefficient (Wildman–Crippen LogP) is 2.17. The van der Waals surface area contributed by atoms with Crippen LogP contribution in [0.4, 0.5) is 14.5 Å². The Bertz CT molecular complexity index is 410. The fourth-order valence-corrected chi connectivity index (χ4v) is 1.78. The molecule has 0 fully saturated rings. The van der Waals surface area contributed by atoms with Crippen molar-refractivity contribution in [3.63, 3.8) is 0 Å². The van der Waals surface area contributed by atoms with Crippen LogP contribution in [-0.2, 0) is 16.1 Å². The van der Waals surface area contributed by atoms with Gasteiger partial charge in [-0.25, -0.2) is 8.78 Å². The first-order chi connectivity index (χ1) is 9.58. The van der Waals surface area contributed by atoms with E-state index >= 15 is 0 Å². The molecule has 1 amide bonds. The van der Waals surface area contributed by atoms with E-state index in [0.29, 0.717) is 13.1 Å². The highest BCUT2D eigenvalue weighted by molar-refractivity contribution is 5.93. The fraction of sp³-hybridized carbons (Fsp3) is 0.500. The zero-order valence-corrected chi connectivity index (χ0v) is 11.5. The summed E-state index contributed by atoms with van der Waals surface area (Å²) >= 11 is 0. The highest BCUT2D eigenvalue weighted by Crippen LogP contribution is 2.16. The second kappa shape index (κ2) is 8.60. The first kappa shape index (κ1) is 16.5. The van der Waals surface area contributed by atoms with Crippen molar-refractivity contribution in [2.24, 2.45) is 5.73 Å². The Labute approximate surface area is 117 Å². The van der Waals surface area contributed by atoms with Crippen LogP contribution in [0.25, 0.3) is 0 Å². The van der Waals surface area contributed by atoms with Gasteiger partial charge in [-0.05, 0) is 24.6 Å². The normalized spacial score (nSPS) is 10.8. The summed E-state index contributed by atoms with van der Waals surface area (Å²) in [5, 5.41) is 0. The van der Waals surface area contributed by atoms with Crippen LogP contribution in [0, 0.1) is 0 Å². The number of carbonyl (C=O) groups excluding carboxylic acids is 1. The predicted molar refractivity (Wildman–Crippen MR) is 73.8 cm³/mol. The van der Waals surface area contributed by atoms with Gasteiger partial charge in [0.1, 0.15) is 6.61 Å². The molecule has 0 unspecified atom stereocenters. The lowest BCUT2D eigenvalue weighted by Crippen LogP contribution is -2.31. The van der Waals surface area contributed by atoms with Crippen LogP contribution in [0.3, 0.4) is 0 Å². The number of hydrogen-bond donors (Lipinski definition) is 1. The van der Waals surface area contributed by atoms with Crippen LogP contribution in [0.15, 0.2) is 24.3 Å². The summed E-state index contributed by atoms with van der Waals surface area (Å²) in [5.41, 5.74) is 7.27. The van der Waals surface area contributed by atoms with Gasteiger partial charge in [0.25, 0.3) is 6.43 Å². The van der Waals surface area contributed by atoms with Crippen molar-refractivity contribution in [2.45, 2.75) is 26.3 Å². The number of rotatable bonds is 8. The maximum absolute atomic E-state index is 12.0. The molecule has 0 bridgehead atoms. The zero-order chi connectivity index (χ0) is 15.0. The van der Waals surface area contributed by atoms with E-state index in [1.807, 2.05) is 31.2 Å². The molecule has 0 saturated carbocycles. The van der Waals surface area contributed by atoms with Gasteiger partial charge in [-0.2, -0.15) is 0 Å². The molecule has 0 saturated heterocycles. The Hall–Kier alpha value is -1.53. The molecule has 1 aromatic carbocycles. The Balaban J connectivity index is 2.53. The SMILES string of the molecule is CCN(C(=O)CCOCC(F)F)c1ccc(CN)cc1. The minimum Gasteiger partial charge on any atom is -0.375 e. The van der Waals surface area contributed by atoms with Crippen LogP contribution in [-0.4, -0.2) is 32.1 Å². The van der Waals surface area contributed by atoms with Gasteiger partial charge < -0.3 is 15.4 Å². The molecule has 0 radical (unpaired) electrons. The molecule has 0 atom stereocenters. The molecule has 0 aliphatic carbocycles. The number of carbonyl (C=O) groups is 1. The quantitative estimate of drug-likeness (QED) is 0.745. The lowest BCUT2D eigenvalue weighted by molar-refractivity contribution is -0.120. The number of amides is 1. The van der Waals surface area contributed by atoms with Gasteiger partial charge in [0.15, 0.2) is 0 Å². The molecule has 2 N–H and O–H groups in total. The molecule has 0 aliphatic heterocycles. The van der Waals surface area contributed by atoms with E-state index in [1.165, 1.54) is 0 Å². The number of halogens is 2. The van der Waals surface area contributed by atoms with Gasteiger partial charge in [0, 0.05) is 18.8 Å². The number of nitrogens with zero attached hydrogens (tertiary/aromatic N) is 1. The van der Waals surface area contributed by atoms with E-state index in [9.17, 15) is 13.6 Å². The molecule has 0 heterocycles. The number of anilines is 1. The van der Waals surface area contributed by atoms with E-state index in [4.69, 9.17) is 10.5 Å². The summed E-state index contributed by atoms with van der Waals surface area (Å²) in [7, 11) is 0. The summed E-state index contributed by atoms with van der Waals surface area (Å²) in [5.74, 6) is -0.151. The minimum absolute atomic E-state index is 0.000552. The van der Waals surface area contributed by atoms with E-state index in [-0.39, 0.29) is 18.9 Å². The average molecular weight is 286 g/mol. The topological polar surface area (TPSA) is 55.6 Å². The van der Waals surface area contributed by atoms with Gasteiger partial charge in [0.05, 0.1) is 13.0 Å². The molecule has 0 aliphatic rings. The van der Waals surface area contributed by atoms with Crippen molar-refractivity contribution >= 4 is 11.6 Å². The number of alkyl halides is 2. The van der Waals surface area contributed by atoms with Crippen LogP contribution < -0.4 is 10.6 Å². The van der Waals surface area contributed by atoms with Crippen LogP contribution in [0.2, 0.25) is 0 Å². The summed E-state index contributed by atoms with van der Waals surface area (Å²) < 4.78 is 28.5. The molecule has 4 nitrogen and oxygen atoms in total. The molecule has 112 valence electrons. The van der Waals surface area contributed by atoms with Crippen molar-refractivity contribution in [1.29, 1.82) is 0 Å². The summed E-state index contributed by atoms with van der Waals surface area (Å²) in [6.45, 7) is 2.18. The molecule has 0 aromatic heterocycles. The molecule has 6 heteroatoms. The number of ether oxygens (including phenoxy) is 1. The Kier molecular flexibility index (Phi) is 7.11. The van der Waals surface area contributed by atoms with E-state index in [0.717, 1.165) is 11.3 Å². The van der Waals surface area contributed by atoms with Gasteiger partial charge in [0.2, 0.25) is 5.91 Å². The molecule has 0 spiro atoms. The van der Waals surface area contributed by atoms with Crippen molar-refractivity contribution in [2.75, 3.05) is 24.7 Å². The summed E-state index contributed by atoms with van der Waals surface area (Å²) in [6, 6.07) is 7.37. The lowest BCUT2D eigenvalue weighted by Gasteiger charge is -2.21. The third-order valence-electron chi connectivity index (χ3n) is 2.81. The smallest absolute Gasteiger partial charge is 0.261 e. The first-order valence-corrected chi connectivity index (χ1v) is 6.53. The average Bonchev–Trinajstić information content (AvgIpc) is 2.45.